The van der Waals surface area contributed by atoms with E-state index in [4.69, 9.17) is 11.5 Å². The van der Waals surface area contributed by atoms with Gasteiger partial charge in [-0.25, -0.2) is 4.79 Å². The van der Waals surface area contributed by atoms with E-state index in [1.165, 1.54) is 18.2 Å². The molecule has 2 aromatic rings. The minimum Gasteiger partial charge on any atom is -0.477 e. The van der Waals surface area contributed by atoms with Gasteiger partial charge in [-0.05, 0) is 6.07 Å². The molecule has 0 fully saturated rings. The third-order valence-electron chi connectivity index (χ3n) is 2.22. The highest BCUT2D eigenvalue weighted by atomic mass is 32.1. The summed E-state index contributed by atoms with van der Waals surface area (Å²) in [6.45, 7) is 0. The summed E-state index contributed by atoms with van der Waals surface area (Å²) in [5.74, 6) is 1.18. The SMILES string of the molecule is C#Cc1c(C(=O)O)sc2cc([N+](=O)[O-])ccc12. The van der Waals surface area contributed by atoms with Crippen LogP contribution < -0.4 is 0 Å². The fourth-order valence-electron chi connectivity index (χ4n) is 1.49. The molecule has 6 heteroatoms. The van der Waals surface area contributed by atoms with Crippen LogP contribution in [0.25, 0.3) is 10.1 Å². The highest BCUT2D eigenvalue weighted by Gasteiger charge is 2.18. The first-order chi connectivity index (χ1) is 8.04. The lowest BCUT2D eigenvalue weighted by atomic mass is 10.1. The van der Waals surface area contributed by atoms with Crippen molar-refractivity contribution >= 4 is 33.1 Å². The minimum atomic E-state index is -1.12. The largest absolute Gasteiger partial charge is 0.477 e. The van der Waals surface area contributed by atoms with E-state index >= 15 is 0 Å². The first-order valence-electron chi connectivity index (χ1n) is 4.45. The quantitative estimate of drug-likeness (QED) is 0.502. The Morgan fingerprint density at radius 2 is 2.24 bits per heavy atom. The third-order valence-corrected chi connectivity index (χ3v) is 3.36. The monoisotopic (exact) mass is 247 g/mol. The summed E-state index contributed by atoms with van der Waals surface area (Å²) < 4.78 is 0.504. The lowest BCUT2D eigenvalue weighted by Gasteiger charge is -1.92. The van der Waals surface area contributed by atoms with Crippen molar-refractivity contribution in [3.05, 3.63) is 38.8 Å². The Hall–Kier alpha value is -2.39. The van der Waals surface area contributed by atoms with Gasteiger partial charge in [-0.2, -0.15) is 0 Å². The van der Waals surface area contributed by atoms with Crippen molar-refractivity contribution in [2.24, 2.45) is 0 Å². The number of carbonyl (C=O) groups is 1. The standard InChI is InChI=1S/C11H5NO4S/c1-2-7-8-4-3-6(12(15)16)5-9(8)17-10(7)11(13)14/h1,3-5H,(H,13,14). The van der Waals surface area contributed by atoms with Gasteiger partial charge in [0.1, 0.15) is 4.88 Å². The van der Waals surface area contributed by atoms with Gasteiger partial charge in [-0.15, -0.1) is 17.8 Å². The first-order valence-corrected chi connectivity index (χ1v) is 5.27. The Balaban J connectivity index is 2.78. The summed E-state index contributed by atoms with van der Waals surface area (Å²) in [4.78, 5) is 21.0. The number of hydrogen-bond acceptors (Lipinski definition) is 4. The van der Waals surface area contributed by atoms with Gasteiger partial charge in [-0.1, -0.05) is 5.92 Å². The van der Waals surface area contributed by atoms with Gasteiger partial charge in [0.05, 0.1) is 10.5 Å². The average Bonchev–Trinajstić information content (AvgIpc) is 2.66. The Bertz CT molecular complexity index is 681. The molecule has 5 nitrogen and oxygen atoms in total. The van der Waals surface area contributed by atoms with Crippen molar-refractivity contribution in [2.45, 2.75) is 0 Å². The van der Waals surface area contributed by atoms with Crippen LogP contribution in [0.2, 0.25) is 0 Å². The summed E-state index contributed by atoms with van der Waals surface area (Å²) in [7, 11) is 0. The Labute approximate surface area is 99.5 Å². The average molecular weight is 247 g/mol. The van der Waals surface area contributed by atoms with Crippen molar-refractivity contribution < 1.29 is 14.8 Å². The summed E-state index contributed by atoms with van der Waals surface area (Å²) in [6.07, 6.45) is 5.26. The molecule has 0 saturated carbocycles. The van der Waals surface area contributed by atoms with Crippen LogP contribution in [0.15, 0.2) is 18.2 Å². The maximum atomic E-state index is 11.0. The van der Waals surface area contributed by atoms with E-state index in [9.17, 15) is 14.9 Å². The number of nitrogens with zero attached hydrogens (tertiary/aromatic N) is 1. The van der Waals surface area contributed by atoms with E-state index in [1.807, 2.05) is 0 Å². The van der Waals surface area contributed by atoms with Crippen LogP contribution in [0.3, 0.4) is 0 Å². The molecule has 0 atom stereocenters. The topological polar surface area (TPSA) is 80.4 Å². The van der Waals surface area contributed by atoms with Gasteiger partial charge >= 0.3 is 5.97 Å². The third kappa shape index (κ3) is 1.73. The van der Waals surface area contributed by atoms with Crippen LogP contribution in [-0.4, -0.2) is 16.0 Å². The van der Waals surface area contributed by atoms with E-state index < -0.39 is 10.9 Å². The predicted octanol–water partition coefficient (Wildman–Crippen LogP) is 2.49. The van der Waals surface area contributed by atoms with Gasteiger partial charge in [0, 0.05) is 22.2 Å². The number of terminal acetylenes is 1. The molecule has 0 aliphatic heterocycles. The van der Waals surface area contributed by atoms with Gasteiger partial charge < -0.3 is 5.11 Å². The molecule has 1 heterocycles. The molecule has 1 aromatic carbocycles. The second kappa shape index (κ2) is 3.88. The molecular formula is C11H5NO4S. The Morgan fingerprint density at radius 3 is 2.76 bits per heavy atom. The van der Waals surface area contributed by atoms with Crippen LogP contribution in [0.5, 0.6) is 0 Å². The zero-order valence-corrected chi connectivity index (χ0v) is 9.15. The molecule has 1 N–H and O–H groups in total. The van der Waals surface area contributed by atoms with E-state index in [0.717, 1.165) is 11.3 Å². The smallest absolute Gasteiger partial charge is 0.347 e. The van der Waals surface area contributed by atoms with Crippen molar-refractivity contribution in [1.82, 2.24) is 0 Å². The van der Waals surface area contributed by atoms with Crippen molar-refractivity contribution in [3.8, 4) is 12.3 Å². The number of aromatic carboxylic acids is 1. The van der Waals surface area contributed by atoms with Crippen LogP contribution in [0.4, 0.5) is 5.69 Å². The summed E-state index contributed by atoms with van der Waals surface area (Å²) in [5, 5.41) is 20.1. The van der Waals surface area contributed by atoms with Crippen LogP contribution in [-0.2, 0) is 0 Å². The predicted molar refractivity (Wildman–Crippen MR) is 63.4 cm³/mol. The van der Waals surface area contributed by atoms with E-state index in [0.29, 0.717) is 10.1 Å². The Morgan fingerprint density at radius 1 is 1.53 bits per heavy atom. The fourth-order valence-corrected chi connectivity index (χ4v) is 2.53. The number of carboxylic acids is 1. The first kappa shape index (κ1) is 11.1. The molecular weight excluding hydrogens is 242 g/mol. The number of hydrogen-bond donors (Lipinski definition) is 1. The second-order valence-corrected chi connectivity index (χ2v) is 4.25. The molecule has 0 aliphatic carbocycles. The molecule has 2 rings (SSSR count). The summed E-state index contributed by atoms with van der Waals surface area (Å²) >= 11 is 0.942. The Kier molecular flexibility index (Phi) is 2.54. The van der Waals surface area contributed by atoms with Crippen molar-refractivity contribution in [2.75, 3.05) is 0 Å². The zero-order chi connectivity index (χ0) is 12.6. The highest BCUT2D eigenvalue weighted by molar-refractivity contribution is 7.21. The number of fused-ring (bicyclic) bond motifs is 1. The van der Waals surface area contributed by atoms with Crippen molar-refractivity contribution in [3.63, 3.8) is 0 Å². The van der Waals surface area contributed by atoms with Crippen LogP contribution in [0.1, 0.15) is 15.2 Å². The molecule has 0 radical (unpaired) electrons. The van der Waals surface area contributed by atoms with E-state index in [2.05, 4.69) is 5.92 Å². The molecule has 0 unspecified atom stereocenters. The lowest BCUT2D eigenvalue weighted by Crippen LogP contribution is -1.94. The maximum Gasteiger partial charge on any atom is 0.347 e. The van der Waals surface area contributed by atoms with Gasteiger partial charge in [0.2, 0.25) is 0 Å². The van der Waals surface area contributed by atoms with E-state index in [1.54, 1.807) is 0 Å². The molecule has 0 aliphatic rings. The number of rotatable bonds is 2. The number of thiophene rings is 1. The minimum absolute atomic E-state index is 0.0306. The number of non-ortho nitro benzene ring substituents is 1. The number of benzene rings is 1. The molecule has 0 bridgehead atoms. The normalized spacial score (nSPS) is 10.1. The van der Waals surface area contributed by atoms with E-state index in [-0.39, 0.29) is 16.1 Å². The number of nitro groups is 1. The molecule has 1 aromatic heterocycles. The van der Waals surface area contributed by atoms with Gasteiger partial charge in [0.25, 0.3) is 5.69 Å². The lowest BCUT2D eigenvalue weighted by molar-refractivity contribution is -0.384. The summed E-state index contributed by atoms with van der Waals surface area (Å²) in [6, 6.07) is 4.11. The second-order valence-electron chi connectivity index (χ2n) is 3.19. The molecule has 0 amide bonds. The molecule has 0 spiro atoms. The van der Waals surface area contributed by atoms with Gasteiger partial charge in [0.15, 0.2) is 0 Å². The van der Waals surface area contributed by atoms with Gasteiger partial charge in [-0.3, -0.25) is 10.1 Å². The number of nitro benzene ring substituents is 1. The summed E-state index contributed by atoms with van der Waals surface area (Å²) in [5.41, 5.74) is 0.187. The zero-order valence-electron chi connectivity index (χ0n) is 8.34. The number of carboxylic acid groups (broad SMARTS) is 1. The highest BCUT2D eigenvalue weighted by Crippen LogP contribution is 2.33. The molecule has 17 heavy (non-hydrogen) atoms. The molecule has 0 saturated heterocycles. The van der Waals surface area contributed by atoms with Crippen molar-refractivity contribution in [1.29, 1.82) is 0 Å². The maximum absolute atomic E-state index is 11.0. The van der Waals surface area contributed by atoms with Crippen LogP contribution in [0, 0.1) is 22.5 Å². The molecule has 84 valence electrons. The fraction of sp³-hybridized carbons (Fsp3) is 0. The van der Waals surface area contributed by atoms with Crippen LogP contribution >= 0.6 is 11.3 Å².